The predicted molar refractivity (Wildman–Crippen MR) is 68.6 cm³/mol. The number of carbonyl (C=O) groups is 1. The van der Waals surface area contributed by atoms with Crippen LogP contribution in [-0.2, 0) is 4.79 Å². The van der Waals surface area contributed by atoms with Crippen molar-refractivity contribution in [1.29, 1.82) is 0 Å². The lowest BCUT2D eigenvalue weighted by Gasteiger charge is -2.26. The molecule has 0 atom stereocenters. The van der Waals surface area contributed by atoms with Crippen LogP contribution in [0.15, 0.2) is 29.0 Å². The summed E-state index contributed by atoms with van der Waals surface area (Å²) in [7, 11) is 0. The first-order valence-electron chi connectivity index (χ1n) is 5.80. The minimum Gasteiger partial charge on any atom is -0.481 e. The average Bonchev–Trinajstić information content (AvgIpc) is 2.75. The Morgan fingerprint density at radius 1 is 1.50 bits per heavy atom. The molecule has 0 radical (unpaired) electrons. The van der Waals surface area contributed by atoms with Crippen molar-refractivity contribution < 1.29 is 14.3 Å². The summed E-state index contributed by atoms with van der Waals surface area (Å²) in [4.78, 5) is 14.9. The minimum absolute atomic E-state index is 0.126. The van der Waals surface area contributed by atoms with Crippen LogP contribution in [0.2, 0.25) is 0 Å². The summed E-state index contributed by atoms with van der Waals surface area (Å²) in [5.74, 6) is -0.0732. The third kappa shape index (κ3) is 2.80. The van der Waals surface area contributed by atoms with Gasteiger partial charge in [0.25, 0.3) is 0 Å². The van der Waals surface area contributed by atoms with E-state index >= 15 is 0 Å². The highest BCUT2D eigenvalue weighted by molar-refractivity contribution is 5.88. The van der Waals surface area contributed by atoms with E-state index in [-0.39, 0.29) is 12.0 Å². The highest BCUT2D eigenvalue weighted by Gasteiger charge is 2.20. The number of furan rings is 1. The number of pyridine rings is 1. The number of nitrogens with one attached hydrogen (secondary N) is 1. The molecule has 5 heteroatoms. The molecule has 0 aromatic carbocycles. The lowest BCUT2D eigenvalue weighted by Crippen LogP contribution is -2.32. The zero-order valence-corrected chi connectivity index (χ0v) is 10.4. The van der Waals surface area contributed by atoms with Crippen molar-refractivity contribution in [3.63, 3.8) is 0 Å². The van der Waals surface area contributed by atoms with Gasteiger partial charge in [0, 0.05) is 18.2 Å². The van der Waals surface area contributed by atoms with Crippen molar-refractivity contribution in [2.75, 3.05) is 5.32 Å². The summed E-state index contributed by atoms with van der Waals surface area (Å²) in [6.45, 7) is 3.91. The number of fused-ring (bicyclic) bond motifs is 1. The smallest absolute Gasteiger partial charge is 0.303 e. The zero-order chi connectivity index (χ0) is 13.2. The highest BCUT2D eigenvalue weighted by atomic mass is 16.4. The van der Waals surface area contributed by atoms with E-state index in [1.807, 2.05) is 19.9 Å². The molecule has 2 rings (SSSR count). The van der Waals surface area contributed by atoms with Gasteiger partial charge in [-0.3, -0.25) is 4.79 Å². The van der Waals surface area contributed by atoms with Crippen LogP contribution in [0.4, 0.5) is 5.82 Å². The van der Waals surface area contributed by atoms with Crippen LogP contribution in [0.25, 0.3) is 11.0 Å². The van der Waals surface area contributed by atoms with E-state index < -0.39 is 5.97 Å². The summed E-state index contributed by atoms with van der Waals surface area (Å²) in [5.41, 5.74) is 0.429. The second-order valence-electron chi connectivity index (χ2n) is 4.89. The van der Waals surface area contributed by atoms with E-state index in [4.69, 9.17) is 9.52 Å². The first-order valence-corrected chi connectivity index (χ1v) is 5.80. The van der Waals surface area contributed by atoms with Gasteiger partial charge in [0.05, 0.1) is 11.6 Å². The van der Waals surface area contributed by atoms with Gasteiger partial charge in [-0.2, -0.15) is 0 Å². The molecule has 0 saturated heterocycles. The summed E-state index contributed by atoms with van der Waals surface area (Å²) in [6.07, 6.45) is 3.93. The monoisotopic (exact) mass is 248 g/mol. The van der Waals surface area contributed by atoms with Crippen LogP contribution in [0, 0.1) is 0 Å². The number of nitrogens with zero attached hydrogens (tertiary/aromatic N) is 1. The van der Waals surface area contributed by atoms with Gasteiger partial charge in [0.15, 0.2) is 0 Å². The van der Waals surface area contributed by atoms with Gasteiger partial charge in [0.2, 0.25) is 0 Å². The van der Waals surface area contributed by atoms with Crippen molar-refractivity contribution in [3.05, 3.63) is 24.6 Å². The number of carboxylic acid groups (broad SMARTS) is 1. The van der Waals surface area contributed by atoms with Crippen LogP contribution >= 0.6 is 0 Å². The predicted octanol–water partition coefficient (Wildman–Crippen LogP) is 2.88. The molecule has 0 unspecified atom stereocenters. The van der Waals surface area contributed by atoms with E-state index in [0.29, 0.717) is 6.42 Å². The fourth-order valence-corrected chi connectivity index (χ4v) is 1.80. The van der Waals surface area contributed by atoms with E-state index in [1.165, 1.54) is 0 Å². The van der Waals surface area contributed by atoms with Crippen LogP contribution in [0.1, 0.15) is 26.7 Å². The lowest BCUT2D eigenvalue weighted by molar-refractivity contribution is -0.137. The van der Waals surface area contributed by atoms with Gasteiger partial charge in [-0.15, -0.1) is 0 Å². The second-order valence-corrected chi connectivity index (χ2v) is 4.89. The number of anilines is 1. The van der Waals surface area contributed by atoms with Crippen LogP contribution in [-0.4, -0.2) is 21.6 Å². The first-order chi connectivity index (χ1) is 8.48. The molecule has 0 spiro atoms. The lowest BCUT2D eigenvalue weighted by atomic mass is 9.98. The summed E-state index contributed by atoms with van der Waals surface area (Å²) in [6, 6.07) is 3.64. The Morgan fingerprint density at radius 2 is 2.28 bits per heavy atom. The number of rotatable bonds is 5. The third-order valence-electron chi connectivity index (χ3n) is 2.80. The molecule has 2 aromatic heterocycles. The molecule has 2 N–H and O–H groups in total. The Kier molecular flexibility index (Phi) is 3.23. The van der Waals surface area contributed by atoms with Gasteiger partial charge < -0.3 is 14.8 Å². The molecule has 0 amide bonds. The molecule has 2 heterocycles. The number of aliphatic carboxylic acids is 1. The van der Waals surface area contributed by atoms with Crippen molar-refractivity contribution in [2.45, 2.75) is 32.2 Å². The third-order valence-corrected chi connectivity index (χ3v) is 2.80. The van der Waals surface area contributed by atoms with Crippen LogP contribution in [0.5, 0.6) is 0 Å². The molecule has 2 aromatic rings. The van der Waals surface area contributed by atoms with Crippen LogP contribution < -0.4 is 5.32 Å². The molecule has 0 fully saturated rings. The summed E-state index contributed by atoms with van der Waals surface area (Å²) in [5, 5.41) is 12.9. The highest BCUT2D eigenvalue weighted by Crippen LogP contribution is 2.26. The number of hydrogen-bond donors (Lipinski definition) is 2. The Morgan fingerprint density at radius 3 is 3.00 bits per heavy atom. The molecular weight excluding hydrogens is 232 g/mol. The van der Waals surface area contributed by atoms with E-state index in [0.717, 1.165) is 16.8 Å². The molecule has 96 valence electrons. The van der Waals surface area contributed by atoms with Crippen molar-refractivity contribution >= 4 is 22.8 Å². The Hall–Kier alpha value is -2.04. The average molecular weight is 248 g/mol. The molecule has 0 saturated carbocycles. The molecule has 0 aliphatic heterocycles. The fourth-order valence-electron chi connectivity index (χ4n) is 1.80. The summed E-state index contributed by atoms with van der Waals surface area (Å²) < 4.78 is 5.30. The molecular formula is C13H16N2O3. The minimum atomic E-state index is -0.792. The van der Waals surface area contributed by atoms with Gasteiger partial charge in [-0.1, -0.05) is 0 Å². The molecule has 0 aliphatic carbocycles. The Bertz CT molecular complexity index is 560. The summed E-state index contributed by atoms with van der Waals surface area (Å²) >= 11 is 0. The van der Waals surface area contributed by atoms with E-state index in [2.05, 4.69) is 10.3 Å². The molecule has 18 heavy (non-hydrogen) atoms. The Labute approximate surface area is 105 Å². The quantitative estimate of drug-likeness (QED) is 0.850. The zero-order valence-electron chi connectivity index (χ0n) is 10.4. The van der Waals surface area contributed by atoms with Crippen molar-refractivity contribution in [1.82, 2.24) is 4.98 Å². The van der Waals surface area contributed by atoms with E-state index in [9.17, 15) is 4.79 Å². The van der Waals surface area contributed by atoms with Crippen molar-refractivity contribution in [2.24, 2.45) is 0 Å². The maximum Gasteiger partial charge on any atom is 0.303 e. The maximum atomic E-state index is 10.6. The van der Waals surface area contributed by atoms with Gasteiger partial charge in [-0.05, 0) is 32.4 Å². The van der Waals surface area contributed by atoms with Gasteiger partial charge >= 0.3 is 5.97 Å². The maximum absolute atomic E-state index is 10.6. The normalized spacial score (nSPS) is 11.7. The SMILES string of the molecule is CC(C)(CCC(=O)O)Nc1nccc2occc12. The molecule has 0 aliphatic rings. The van der Waals surface area contributed by atoms with Crippen molar-refractivity contribution in [3.8, 4) is 0 Å². The van der Waals surface area contributed by atoms with Gasteiger partial charge in [0.1, 0.15) is 11.4 Å². The van der Waals surface area contributed by atoms with Crippen LogP contribution in [0.3, 0.4) is 0 Å². The fraction of sp³-hybridized carbons (Fsp3) is 0.385. The second kappa shape index (κ2) is 4.68. The molecule has 0 bridgehead atoms. The number of carboxylic acids is 1. The standard InChI is InChI=1S/C13H16N2O3/c1-13(2,6-3-11(16)17)15-12-9-5-8-18-10(9)4-7-14-12/h4-5,7-8H,3,6H2,1-2H3,(H,14,15)(H,16,17). The van der Waals surface area contributed by atoms with Gasteiger partial charge in [-0.25, -0.2) is 4.98 Å². The largest absolute Gasteiger partial charge is 0.481 e. The molecule has 5 nitrogen and oxygen atoms in total. The Balaban J connectivity index is 2.17. The van der Waals surface area contributed by atoms with E-state index in [1.54, 1.807) is 18.5 Å². The number of hydrogen-bond acceptors (Lipinski definition) is 4. The first kappa shape index (κ1) is 12.4. The number of aromatic nitrogens is 1. The topological polar surface area (TPSA) is 75.4 Å².